The van der Waals surface area contributed by atoms with Crippen LogP contribution < -0.4 is 5.32 Å². The maximum absolute atomic E-state index is 11.7. The van der Waals surface area contributed by atoms with Crippen LogP contribution in [0.25, 0.3) is 0 Å². The molecule has 0 saturated heterocycles. The second-order valence-electron chi connectivity index (χ2n) is 5.97. The van der Waals surface area contributed by atoms with Crippen molar-refractivity contribution in [3.05, 3.63) is 0 Å². The van der Waals surface area contributed by atoms with E-state index in [1.54, 1.807) is 41.5 Å². The van der Waals surface area contributed by atoms with Crippen molar-refractivity contribution in [2.24, 2.45) is 0 Å². The van der Waals surface area contributed by atoms with Crippen molar-refractivity contribution in [2.45, 2.75) is 52.7 Å². The molecule has 7 heteroatoms. The molecule has 0 saturated carbocycles. The number of nitrogens with zero attached hydrogens (tertiary/aromatic N) is 1. The third kappa shape index (κ3) is 8.36. The summed E-state index contributed by atoms with van der Waals surface area (Å²) in [6, 6.07) is 0. The summed E-state index contributed by atoms with van der Waals surface area (Å²) in [7, 11) is 1.41. The van der Waals surface area contributed by atoms with Crippen LogP contribution in [0.15, 0.2) is 0 Å². The molecule has 0 radical (unpaired) electrons. The van der Waals surface area contributed by atoms with E-state index in [9.17, 15) is 9.59 Å². The molecule has 2 amide bonds. The fraction of sp³-hybridized carbons (Fsp3) is 0.750. The highest BCUT2D eigenvalue weighted by Gasteiger charge is 2.24. The molecule has 6 nitrogen and oxygen atoms in total. The van der Waals surface area contributed by atoms with Gasteiger partial charge in [0, 0.05) is 7.05 Å². The molecule has 19 heavy (non-hydrogen) atoms. The summed E-state index contributed by atoms with van der Waals surface area (Å²) >= 11 is 4.92. The highest BCUT2D eigenvalue weighted by molar-refractivity contribution is 7.80. The number of ether oxygens (including phenoxy) is 2. The number of carbonyl (C=O) groups excluding carboxylic acids is 2. The normalized spacial score (nSPS) is 11.5. The van der Waals surface area contributed by atoms with Crippen molar-refractivity contribution in [3.63, 3.8) is 0 Å². The summed E-state index contributed by atoms with van der Waals surface area (Å²) in [5.74, 6) is 0. The molecule has 0 aliphatic rings. The van der Waals surface area contributed by atoms with Gasteiger partial charge in [-0.05, 0) is 53.8 Å². The highest BCUT2D eigenvalue weighted by atomic mass is 32.1. The Kier molecular flexibility index (Phi) is 5.74. The van der Waals surface area contributed by atoms with Gasteiger partial charge in [0.2, 0.25) is 0 Å². The van der Waals surface area contributed by atoms with Gasteiger partial charge in [-0.3, -0.25) is 10.2 Å². The van der Waals surface area contributed by atoms with E-state index in [2.05, 4.69) is 5.32 Å². The zero-order chi connectivity index (χ0) is 15.4. The van der Waals surface area contributed by atoms with Crippen LogP contribution in [-0.2, 0) is 9.47 Å². The minimum absolute atomic E-state index is 0.0801. The lowest BCUT2D eigenvalue weighted by molar-refractivity contribution is 0.0395. The summed E-state index contributed by atoms with van der Waals surface area (Å²) in [6.45, 7) is 10.4. The number of alkyl carbamates (subject to hydrolysis) is 1. The van der Waals surface area contributed by atoms with Crippen molar-refractivity contribution < 1.29 is 19.1 Å². The Morgan fingerprint density at radius 1 is 1.00 bits per heavy atom. The van der Waals surface area contributed by atoms with E-state index in [0.29, 0.717) is 0 Å². The maximum Gasteiger partial charge on any atom is 0.416 e. The minimum Gasteiger partial charge on any atom is -0.444 e. The lowest BCUT2D eigenvalue weighted by Gasteiger charge is -2.25. The number of amides is 2. The van der Waals surface area contributed by atoms with Crippen LogP contribution in [0.5, 0.6) is 0 Å². The summed E-state index contributed by atoms with van der Waals surface area (Å²) < 4.78 is 10.1. The number of hydrogen-bond acceptors (Lipinski definition) is 5. The third-order valence-electron chi connectivity index (χ3n) is 1.58. The fourth-order valence-corrected chi connectivity index (χ4v) is 1.05. The Morgan fingerprint density at radius 2 is 1.42 bits per heavy atom. The quantitative estimate of drug-likeness (QED) is 0.695. The molecule has 0 aromatic carbocycles. The molecule has 1 N–H and O–H groups in total. The summed E-state index contributed by atoms with van der Waals surface area (Å²) in [6.07, 6.45) is -1.36. The highest BCUT2D eigenvalue weighted by Crippen LogP contribution is 2.10. The molecular formula is C12H22N2O4S. The zero-order valence-corrected chi connectivity index (χ0v) is 13.3. The van der Waals surface area contributed by atoms with E-state index in [-0.39, 0.29) is 5.11 Å². The van der Waals surface area contributed by atoms with Crippen molar-refractivity contribution in [2.75, 3.05) is 7.05 Å². The Labute approximate surface area is 119 Å². The molecule has 0 aliphatic heterocycles. The van der Waals surface area contributed by atoms with Gasteiger partial charge >= 0.3 is 12.2 Å². The molecule has 0 unspecified atom stereocenters. The molecule has 0 bridgehead atoms. The number of thiocarbonyl (C=S) groups is 1. The van der Waals surface area contributed by atoms with E-state index >= 15 is 0 Å². The Hall–Kier alpha value is -1.37. The van der Waals surface area contributed by atoms with Crippen LogP contribution in [0.4, 0.5) is 9.59 Å². The Morgan fingerprint density at radius 3 is 1.79 bits per heavy atom. The van der Waals surface area contributed by atoms with Crippen LogP contribution >= 0.6 is 12.2 Å². The monoisotopic (exact) mass is 290 g/mol. The van der Waals surface area contributed by atoms with Crippen molar-refractivity contribution >= 4 is 29.5 Å². The van der Waals surface area contributed by atoms with E-state index in [1.807, 2.05) is 0 Å². The second kappa shape index (κ2) is 6.18. The molecule has 0 aliphatic carbocycles. The topological polar surface area (TPSA) is 67.9 Å². The third-order valence-corrected chi connectivity index (χ3v) is 1.96. The largest absolute Gasteiger partial charge is 0.444 e. The summed E-state index contributed by atoms with van der Waals surface area (Å²) in [4.78, 5) is 24.2. The Balaban J connectivity index is 4.43. The van der Waals surface area contributed by atoms with Gasteiger partial charge in [0.05, 0.1) is 0 Å². The van der Waals surface area contributed by atoms with Crippen LogP contribution in [-0.4, -0.2) is 40.4 Å². The first-order chi connectivity index (χ1) is 8.32. The van der Waals surface area contributed by atoms with Crippen molar-refractivity contribution in [3.8, 4) is 0 Å². The lowest BCUT2D eigenvalue weighted by Crippen LogP contribution is -2.46. The molecule has 0 atom stereocenters. The Bertz CT molecular complexity index is 369. The minimum atomic E-state index is -0.715. The molecule has 0 aromatic rings. The van der Waals surface area contributed by atoms with Crippen LogP contribution in [0.2, 0.25) is 0 Å². The van der Waals surface area contributed by atoms with Crippen molar-refractivity contribution in [1.29, 1.82) is 0 Å². The van der Waals surface area contributed by atoms with Gasteiger partial charge in [-0.1, -0.05) is 0 Å². The van der Waals surface area contributed by atoms with E-state index < -0.39 is 23.4 Å². The fourth-order valence-electron chi connectivity index (χ4n) is 0.888. The lowest BCUT2D eigenvalue weighted by atomic mass is 10.2. The van der Waals surface area contributed by atoms with E-state index in [4.69, 9.17) is 21.7 Å². The molecule has 0 aromatic heterocycles. The van der Waals surface area contributed by atoms with Gasteiger partial charge in [0.25, 0.3) is 0 Å². The predicted octanol–water partition coefficient (Wildman–Crippen LogP) is 2.66. The SMILES string of the molecule is CN(C(=O)OC(C)(C)C)C(=S)NC(=O)OC(C)(C)C. The first-order valence-electron chi connectivity index (χ1n) is 5.82. The van der Waals surface area contributed by atoms with E-state index in [1.165, 1.54) is 7.05 Å². The predicted molar refractivity (Wildman–Crippen MR) is 76.0 cm³/mol. The molecule has 0 fully saturated rings. The van der Waals surface area contributed by atoms with E-state index in [0.717, 1.165) is 4.90 Å². The van der Waals surface area contributed by atoms with Gasteiger partial charge in [0.1, 0.15) is 11.2 Å². The number of hydrogen-bond donors (Lipinski definition) is 1. The van der Waals surface area contributed by atoms with Gasteiger partial charge in [-0.15, -0.1) is 0 Å². The van der Waals surface area contributed by atoms with Gasteiger partial charge in [0.15, 0.2) is 5.11 Å². The maximum atomic E-state index is 11.7. The van der Waals surface area contributed by atoms with Crippen LogP contribution in [0.3, 0.4) is 0 Å². The number of carbonyl (C=O) groups is 2. The average Bonchev–Trinajstić information content (AvgIpc) is 2.10. The zero-order valence-electron chi connectivity index (χ0n) is 12.5. The molecule has 0 spiro atoms. The first kappa shape index (κ1) is 17.6. The smallest absolute Gasteiger partial charge is 0.416 e. The average molecular weight is 290 g/mol. The number of nitrogens with one attached hydrogen (secondary N) is 1. The standard InChI is InChI=1S/C12H22N2O4S/c1-11(2,3)17-9(15)13-8(19)14(7)10(16)18-12(4,5)6/h1-7H3,(H,13,15,19). The van der Waals surface area contributed by atoms with Gasteiger partial charge < -0.3 is 9.47 Å². The van der Waals surface area contributed by atoms with Crippen LogP contribution in [0, 0.1) is 0 Å². The summed E-state index contributed by atoms with van der Waals surface area (Å²) in [5.41, 5.74) is -1.27. The van der Waals surface area contributed by atoms with Gasteiger partial charge in [-0.2, -0.15) is 0 Å². The molecule has 110 valence electrons. The van der Waals surface area contributed by atoms with Crippen LogP contribution in [0.1, 0.15) is 41.5 Å². The first-order valence-corrected chi connectivity index (χ1v) is 6.23. The van der Waals surface area contributed by atoms with Crippen molar-refractivity contribution in [1.82, 2.24) is 10.2 Å². The molecule has 0 heterocycles. The van der Waals surface area contributed by atoms with Gasteiger partial charge in [-0.25, -0.2) is 9.59 Å². The second-order valence-corrected chi connectivity index (χ2v) is 6.36. The molecular weight excluding hydrogens is 268 g/mol. The summed E-state index contributed by atoms with van der Waals surface area (Å²) in [5, 5.41) is 2.22. The number of rotatable bonds is 0. The molecule has 0 rings (SSSR count).